The number of hydrogen-bond acceptors (Lipinski definition) is 8. The molecule has 0 aromatic heterocycles. The second kappa shape index (κ2) is 14.8. The van der Waals surface area contributed by atoms with Crippen molar-refractivity contribution in [1.29, 1.82) is 0 Å². The summed E-state index contributed by atoms with van der Waals surface area (Å²) in [4.78, 5) is 65.1. The molecule has 1 fully saturated rings. The summed E-state index contributed by atoms with van der Waals surface area (Å²) >= 11 is 0. The van der Waals surface area contributed by atoms with Gasteiger partial charge in [0.1, 0.15) is 30.8 Å². The molecule has 10 nitrogen and oxygen atoms in total. The molecular formula is C26H34N4O6S2. The van der Waals surface area contributed by atoms with Crippen LogP contribution >= 0.6 is 21.6 Å². The molecule has 0 unspecified atom stereocenters. The Hall–Kier alpha value is -2.99. The van der Waals surface area contributed by atoms with E-state index in [-0.39, 0.29) is 24.5 Å². The first kappa shape index (κ1) is 29.6. The summed E-state index contributed by atoms with van der Waals surface area (Å²) in [6, 6.07) is 6.32. The molecule has 2 aliphatic rings. The lowest BCUT2D eigenvalue weighted by atomic mass is 10.0. The van der Waals surface area contributed by atoms with Gasteiger partial charge in [-0.1, -0.05) is 71.8 Å². The highest BCUT2D eigenvalue weighted by atomic mass is 33.1. The summed E-state index contributed by atoms with van der Waals surface area (Å²) in [6.07, 6.45) is 3.28. The molecular weight excluding hydrogens is 528 g/mol. The third-order valence-electron chi connectivity index (χ3n) is 5.93. The predicted octanol–water partition coefficient (Wildman–Crippen LogP) is 1.11. The van der Waals surface area contributed by atoms with Gasteiger partial charge in [0.2, 0.25) is 23.6 Å². The lowest BCUT2D eigenvalue weighted by Crippen LogP contribution is -2.59. The van der Waals surface area contributed by atoms with Gasteiger partial charge < -0.3 is 26.0 Å². The first-order valence-electron chi connectivity index (χ1n) is 12.5. The fourth-order valence-corrected chi connectivity index (χ4v) is 6.06. The maximum Gasteiger partial charge on any atom is 0.326 e. The van der Waals surface area contributed by atoms with E-state index in [2.05, 4.69) is 21.3 Å². The molecule has 2 bridgehead atoms. The Kier molecular flexibility index (Phi) is 11.5. The van der Waals surface area contributed by atoms with E-state index < -0.39 is 60.4 Å². The summed E-state index contributed by atoms with van der Waals surface area (Å²) in [7, 11) is 2.97. The normalized spacial score (nSPS) is 27.3. The Morgan fingerprint density at radius 1 is 0.947 bits per heavy atom. The molecule has 1 aromatic rings. The van der Waals surface area contributed by atoms with Crippen LogP contribution in [0.2, 0.25) is 0 Å². The number of carbonyl (C=O) groups excluding carboxylic acids is 5. The van der Waals surface area contributed by atoms with Crippen molar-refractivity contribution in [2.45, 2.75) is 57.3 Å². The van der Waals surface area contributed by atoms with Gasteiger partial charge in [0, 0.05) is 17.9 Å². The number of nitrogens with one attached hydrogen (secondary N) is 4. The van der Waals surface area contributed by atoms with Crippen LogP contribution in [0, 0.1) is 5.92 Å². The quantitative estimate of drug-likeness (QED) is 0.244. The minimum atomic E-state index is -0.991. The van der Waals surface area contributed by atoms with Crippen LogP contribution in [-0.2, 0) is 35.1 Å². The number of rotatable bonds is 3. The van der Waals surface area contributed by atoms with Crippen LogP contribution in [-0.4, -0.2) is 71.9 Å². The van der Waals surface area contributed by atoms with Crippen LogP contribution in [0.15, 0.2) is 42.5 Å². The average molecular weight is 563 g/mol. The van der Waals surface area contributed by atoms with Crippen molar-refractivity contribution < 1.29 is 28.7 Å². The first-order valence-corrected chi connectivity index (χ1v) is 15.0. The number of amides is 4. The van der Waals surface area contributed by atoms with Gasteiger partial charge in [-0.2, -0.15) is 0 Å². The number of benzene rings is 1. The molecule has 0 radical (unpaired) electrons. The van der Waals surface area contributed by atoms with E-state index >= 15 is 0 Å². The van der Waals surface area contributed by atoms with E-state index in [1.54, 1.807) is 19.9 Å². The molecule has 4 atom stereocenters. The Bertz CT molecular complexity index is 1040. The molecule has 0 spiro atoms. The molecule has 0 aliphatic carbocycles. The minimum Gasteiger partial charge on any atom is -0.456 e. The van der Waals surface area contributed by atoms with Gasteiger partial charge in [-0.05, 0) is 24.0 Å². The molecule has 3 rings (SSSR count). The van der Waals surface area contributed by atoms with Crippen molar-refractivity contribution in [3.8, 4) is 0 Å². The largest absolute Gasteiger partial charge is 0.456 e. The maximum absolute atomic E-state index is 13.4. The third-order valence-corrected chi connectivity index (χ3v) is 8.37. The van der Waals surface area contributed by atoms with E-state index in [4.69, 9.17) is 4.74 Å². The molecule has 206 valence electrons. The standard InChI is InChI=1S/C26H34N4O6S2/c1-16(2)23-26(35)29-20-15-38-37-11-7-6-10-18(13-21(31)30-23)36-22(32)14-27-24(33)19(28-25(20)34)12-17-8-4-3-5-9-17/h3-6,8-10,16,18-20,23H,7,11-15H2,1-2H3,(H,27,33)(H,28,34)(H,29,35)(H,30,31)/b10-6+/t18-,19+,20-,23-/m1/s1. The molecule has 4 N–H and O–H groups in total. The Balaban J connectivity index is 1.96. The summed E-state index contributed by atoms with van der Waals surface area (Å²) in [5.41, 5.74) is 0.814. The van der Waals surface area contributed by atoms with Crippen LogP contribution in [0.3, 0.4) is 0 Å². The van der Waals surface area contributed by atoms with Gasteiger partial charge in [-0.15, -0.1) is 0 Å². The van der Waals surface area contributed by atoms with Gasteiger partial charge in [0.05, 0.1) is 6.42 Å². The van der Waals surface area contributed by atoms with Crippen molar-refractivity contribution in [1.82, 2.24) is 21.3 Å². The smallest absolute Gasteiger partial charge is 0.326 e. The van der Waals surface area contributed by atoms with Gasteiger partial charge in [0.15, 0.2) is 0 Å². The summed E-state index contributed by atoms with van der Waals surface area (Å²) in [5, 5.41) is 10.8. The summed E-state index contributed by atoms with van der Waals surface area (Å²) in [5.74, 6) is -2.09. The van der Waals surface area contributed by atoms with Gasteiger partial charge >= 0.3 is 5.97 Å². The molecule has 1 saturated heterocycles. The summed E-state index contributed by atoms with van der Waals surface area (Å²) in [6.45, 7) is 3.15. The Morgan fingerprint density at radius 3 is 2.45 bits per heavy atom. The van der Waals surface area contributed by atoms with Crippen LogP contribution in [0.5, 0.6) is 0 Å². The monoisotopic (exact) mass is 562 g/mol. The third kappa shape index (κ3) is 9.39. The fraction of sp³-hybridized carbons (Fsp3) is 0.500. The molecule has 1 aromatic carbocycles. The number of hydrogen-bond donors (Lipinski definition) is 4. The highest BCUT2D eigenvalue weighted by Crippen LogP contribution is 2.24. The molecule has 12 heteroatoms. The zero-order chi connectivity index (χ0) is 27.5. The van der Waals surface area contributed by atoms with E-state index in [0.717, 1.165) is 5.56 Å². The zero-order valence-electron chi connectivity index (χ0n) is 21.4. The number of ether oxygens (including phenoxy) is 1. The molecule has 2 aliphatic heterocycles. The SMILES string of the molecule is CC(C)[C@H]1NC(=O)C[C@H]2/C=C/CCSSC[C@@H](NC1=O)C(=O)N[C@@H](Cc1ccccc1)C(=O)NCC(=O)O2. The number of esters is 1. The molecule has 38 heavy (non-hydrogen) atoms. The van der Waals surface area contributed by atoms with E-state index in [1.165, 1.54) is 21.6 Å². The van der Waals surface area contributed by atoms with E-state index in [1.807, 2.05) is 36.4 Å². The number of fused-ring (bicyclic) bond motifs is 7. The van der Waals surface area contributed by atoms with Gasteiger partial charge in [-0.3, -0.25) is 24.0 Å². The Morgan fingerprint density at radius 2 is 1.71 bits per heavy atom. The highest BCUT2D eigenvalue weighted by molar-refractivity contribution is 8.76. The second-order valence-corrected chi connectivity index (χ2v) is 12.0. The van der Waals surface area contributed by atoms with E-state index in [0.29, 0.717) is 12.2 Å². The Labute approximate surface area is 230 Å². The van der Waals surface area contributed by atoms with Crippen LogP contribution in [0.25, 0.3) is 0 Å². The fourth-order valence-electron chi connectivity index (χ4n) is 3.91. The van der Waals surface area contributed by atoms with Crippen LogP contribution in [0.1, 0.15) is 32.3 Å². The van der Waals surface area contributed by atoms with Crippen LogP contribution in [0.4, 0.5) is 0 Å². The van der Waals surface area contributed by atoms with Crippen molar-refractivity contribution in [3.63, 3.8) is 0 Å². The second-order valence-electron chi connectivity index (χ2n) is 9.37. The molecule has 4 amide bonds. The van der Waals surface area contributed by atoms with Crippen molar-refractivity contribution in [2.75, 3.05) is 18.1 Å². The first-order chi connectivity index (χ1) is 18.2. The van der Waals surface area contributed by atoms with Crippen LogP contribution < -0.4 is 21.3 Å². The number of carbonyl (C=O) groups is 5. The highest BCUT2D eigenvalue weighted by Gasteiger charge is 2.32. The van der Waals surface area contributed by atoms with Crippen molar-refractivity contribution in [3.05, 3.63) is 48.0 Å². The topological polar surface area (TPSA) is 143 Å². The lowest BCUT2D eigenvalue weighted by Gasteiger charge is -2.27. The molecule has 0 saturated carbocycles. The van der Waals surface area contributed by atoms with Crippen molar-refractivity contribution in [2.24, 2.45) is 5.92 Å². The zero-order valence-corrected chi connectivity index (χ0v) is 23.1. The van der Waals surface area contributed by atoms with Gasteiger partial charge in [-0.25, -0.2) is 0 Å². The molecule has 2 heterocycles. The predicted molar refractivity (Wildman–Crippen MR) is 147 cm³/mol. The minimum absolute atomic E-state index is 0.185. The lowest BCUT2D eigenvalue weighted by molar-refractivity contribution is -0.148. The maximum atomic E-state index is 13.4. The van der Waals surface area contributed by atoms with Gasteiger partial charge in [0.25, 0.3) is 0 Å². The average Bonchev–Trinajstić information content (AvgIpc) is 2.88. The number of allylic oxidation sites excluding steroid dienone is 1. The van der Waals surface area contributed by atoms with Crippen molar-refractivity contribution >= 4 is 51.2 Å². The summed E-state index contributed by atoms with van der Waals surface area (Å²) < 4.78 is 5.48. The van der Waals surface area contributed by atoms with E-state index in [9.17, 15) is 24.0 Å².